The van der Waals surface area contributed by atoms with E-state index in [-0.39, 0.29) is 11.4 Å². The lowest BCUT2D eigenvalue weighted by molar-refractivity contribution is 0.0688. The fraction of sp³-hybridized carbons (Fsp3) is 0.200. The van der Waals surface area contributed by atoms with Gasteiger partial charge in [-0.3, -0.25) is 4.40 Å². The summed E-state index contributed by atoms with van der Waals surface area (Å²) in [6.07, 6.45) is 1.90. The molecule has 0 fully saturated rings. The number of hydrogen-bond donors (Lipinski definition) is 2. The molecule has 0 atom stereocenters. The molecule has 0 spiro atoms. The molecule has 0 saturated carbocycles. The van der Waals surface area contributed by atoms with Crippen LogP contribution in [0.25, 0.3) is 5.65 Å². The molecule has 2 aromatic rings. The van der Waals surface area contributed by atoms with Gasteiger partial charge in [0.1, 0.15) is 11.4 Å². The van der Waals surface area contributed by atoms with Crippen LogP contribution in [-0.4, -0.2) is 25.6 Å². The second-order valence-corrected chi connectivity index (χ2v) is 3.18. The number of aryl methyl sites for hydroxylation is 1. The maximum absolute atomic E-state index is 11.0. The lowest BCUT2D eigenvalue weighted by Crippen LogP contribution is -2.04. The van der Waals surface area contributed by atoms with Gasteiger partial charge in [-0.05, 0) is 18.6 Å². The molecule has 0 aliphatic heterocycles. The van der Waals surface area contributed by atoms with Crippen LogP contribution in [0, 0.1) is 0 Å². The predicted octanol–water partition coefficient (Wildman–Crippen LogP) is 1.30. The van der Waals surface area contributed by atoms with Crippen molar-refractivity contribution in [3.8, 4) is 5.75 Å². The van der Waals surface area contributed by atoms with Gasteiger partial charge in [-0.15, -0.1) is 0 Å². The summed E-state index contributed by atoms with van der Waals surface area (Å²) in [5.74, 6) is -1.02. The first-order valence-electron chi connectivity index (χ1n) is 4.56. The van der Waals surface area contributed by atoms with E-state index in [1.165, 1.54) is 16.7 Å². The highest BCUT2D eigenvalue weighted by molar-refractivity contribution is 5.88. The molecule has 0 saturated heterocycles. The molecule has 15 heavy (non-hydrogen) atoms. The number of carboxylic acid groups (broad SMARTS) is 1. The fourth-order valence-electron chi connectivity index (χ4n) is 1.56. The Kier molecular flexibility index (Phi) is 2.07. The van der Waals surface area contributed by atoms with Crippen molar-refractivity contribution in [1.82, 2.24) is 9.38 Å². The maximum atomic E-state index is 11.0. The van der Waals surface area contributed by atoms with Crippen molar-refractivity contribution in [1.29, 1.82) is 0 Å². The van der Waals surface area contributed by atoms with Crippen LogP contribution in [-0.2, 0) is 6.42 Å². The third kappa shape index (κ3) is 1.41. The van der Waals surface area contributed by atoms with Crippen LogP contribution >= 0.6 is 0 Å². The Balaban J connectivity index is 2.82. The molecule has 0 radical (unpaired) electrons. The monoisotopic (exact) mass is 206 g/mol. The van der Waals surface area contributed by atoms with Gasteiger partial charge in [-0.2, -0.15) is 0 Å². The minimum Gasteiger partial charge on any atom is -0.506 e. The normalized spacial score (nSPS) is 10.7. The number of hydrogen-bond acceptors (Lipinski definition) is 3. The van der Waals surface area contributed by atoms with Gasteiger partial charge in [0.2, 0.25) is 0 Å². The number of aromatic nitrogens is 2. The van der Waals surface area contributed by atoms with Crippen LogP contribution in [0.3, 0.4) is 0 Å². The van der Waals surface area contributed by atoms with Gasteiger partial charge in [0.15, 0.2) is 5.69 Å². The first-order valence-corrected chi connectivity index (χ1v) is 4.56. The smallest absolute Gasteiger partial charge is 0.354 e. The molecule has 5 heteroatoms. The Labute approximate surface area is 85.6 Å². The summed E-state index contributed by atoms with van der Waals surface area (Å²) >= 11 is 0. The van der Waals surface area contributed by atoms with E-state index >= 15 is 0 Å². The van der Waals surface area contributed by atoms with E-state index in [1.807, 2.05) is 6.92 Å². The summed E-state index contributed by atoms with van der Waals surface area (Å²) in [6, 6.07) is 3.06. The molecule has 0 unspecified atom stereocenters. The Hall–Kier alpha value is -2.04. The number of fused-ring (bicyclic) bond motifs is 1. The molecule has 0 aromatic carbocycles. The molecule has 2 aromatic heterocycles. The topological polar surface area (TPSA) is 74.8 Å². The fourth-order valence-corrected chi connectivity index (χ4v) is 1.56. The quantitative estimate of drug-likeness (QED) is 0.776. The minimum atomic E-state index is -1.04. The zero-order chi connectivity index (χ0) is 11.0. The number of pyridine rings is 1. The summed E-state index contributed by atoms with van der Waals surface area (Å²) in [7, 11) is 0. The molecule has 2 rings (SSSR count). The van der Waals surface area contributed by atoms with Gasteiger partial charge in [-0.25, -0.2) is 9.78 Å². The molecule has 0 aliphatic carbocycles. The summed E-state index contributed by atoms with van der Waals surface area (Å²) in [5.41, 5.74) is 1.17. The van der Waals surface area contributed by atoms with E-state index in [0.717, 1.165) is 0 Å². The highest BCUT2D eigenvalue weighted by Gasteiger charge is 2.16. The summed E-state index contributed by atoms with van der Waals surface area (Å²) in [6.45, 7) is 1.84. The number of carbonyl (C=O) groups is 1. The molecule has 0 amide bonds. The number of nitrogens with zero attached hydrogens (tertiary/aromatic N) is 2. The Bertz CT molecular complexity index is 531. The van der Waals surface area contributed by atoms with Gasteiger partial charge in [0, 0.05) is 0 Å². The maximum Gasteiger partial charge on any atom is 0.354 e. The van der Waals surface area contributed by atoms with Crippen LogP contribution in [0.5, 0.6) is 5.75 Å². The molecule has 0 aliphatic rings. The molecular formula is C10H10N2O3. The Morgan fingerprint density at radius 2 is 2.27 bits per heavy atom. The summed E-state index contributed by atoms with van der Waals surface area (Å²) < 4.78 is 1.39. The minimum absolute atomic E-state index is 0.0186. The van der Waals surface area contributed by atoms with Crippen molar-refractivity contribution in [3.63, 3.8) is 0 Å². The lowest BCUT2D eigenvalue weighted by atomic mass is 10.2. The van der Waals surface area contributed by atoms with Gasteiger partial charge in [0.25, 0.3) is 0 Å². The van der Waals surface area contributed by atoms with E-state index in [9.17, 15) is 9.90 Å². The van der Waals surface area contributed by atoms with Crippen LogP contribution in [0.2, 0.25) is 0 Å². The molecule has 2 heterocycles. The van der Waals surface area contributed by atoms with Crippen LogP contribution in [0.4, 0.5) is 0 Å². The molecule has 5 nitrogen and oxygen atoms in total. The molecular weight excluding hydrogens is 196 g/mol. The van der Waals surface area contributed by atoms with Crippen LogP contribution in [0.15, 0.2) is 18.3 Å². The molecule has 2 N–H and O–H groups in total. The number of carboxylic acids is 1. The summed E-state index contributed by atoms with van der Waals surface area (Å²) in [5, 5.41) is 18.3. The van der Waals surface area contributed by atoms with Crippen molar-refractivity contribution in [2.45, 2.75) is 13.3 Å². The van der Waals surface area contributed by atoms with Gasteiger partial charge in [0.05, 0.1) is 11.9 Å². The van der Waals surface area contributed by atoms with Crippen molar-refractivity contribution in [2.75, 3.05) is 0 Å². The van der Waals surface area contributed by atoms with E-state index in [2.05, 4.69) is 4.98 Å². The van der Waals surface area contributed by atoms with Crippen molar-refractivity contribution in [2.24, 2.45) is 0 Å². The highest BCUT2D eigenvalue weighted by atomic mass is 16.4. The predicted molar refractivity (Wildman–Crippen MR) is 53.2 cm³/mol. The van der Waals surface area contributed by atoms with Gasteiger partial charge < -0.3 is 10.2 Å². The first-order chi connectivity index (χ1) is 7.13. The number of aromatic hydroxyl groups is 1. The van der Waals surface area contributed by atoms with Gasteiger partial charge in [-0.1, -0.05) is 6.92 Å². The van der Waals surface area contributed by atoms with Crippen LogP contribution < -0.4 is 0 Å². The Morgan fingerprint density at radius 3 is 2.87 bits per heavy atom. The third-order valence-electron chi connectivity index (χ3n) is 2.21. The van der Waals surface area contributed by atoms with Crippen molar-refractivity contribution >= 4 is 11.6 Å². The highest BCUT2D eigenvalue weighted by Crippen LogP contribution is 2.17. The van der Waals surface area contributed by atoms with E-state index < -0.39 is 5.97 Å². The third-order valence-corrected chi connectivity index (χ3v) is 2.21. The number of rotatable bonds is 2. The SMILES string of the molecule is CCc1nc2ccc(O)cn2c1C(=O)O. The zero-order valence-electron chi connectivity index (χ0n) is 8.14. The average molecular weight is 206 g/mol. The molecule has 0 bridgehead atoms. The summed E-state index contributed by atoms with van der Waals surface area (Å²) in [4.78, 5) is 15.2. The van der Waals surface area contributed by atoms with Crippen molar-refractivity contribution < 1.29 is 15.0 Å². The molecule has 78 valence electrons. The average Bonchev–Trinajstić information content (AvgIpc) is 2.55. The first kappa shape index (κ1) is 9.51. The largest absolute Gasteiger partial charge is 0.506 e. The van der Waals surface area contributed by atoms with E-state index in [1.54, 1.807) is 6.07 Å². The van der Waals surface area contributed by atoms with E-state index in [0.29, 0.717) is 17.8 Å². The standard InChI is InChI=1S/C10H10N2O3/c1-2-7-9(10(14)15)12-5-6(13)3-4-8(12)11-7/h3-5,13H,2H2,1H3,(H,14,15). The zero-order valence-corrected chi connectivity index (χ0v) is 8.14. The van der Waals surface area contributed by atoms with Crippen LogP contribution in [0.1, 0.15) is 23.1 Å². The van der Waals surface area contributed by atoms with E-state index in [4.69, 9.17) is 5.11 Å². The second kappa shape index (κ2) is 3.27. The number of aromatic carboxylic acids is 1. The van der Waals surface area contributed by atoms with Gasteiger partial charge >= 0.3 is 5.97 Å². The second-order valence-electron chi connectivity index (χ2n) is 3.18. The van der Waals surface area contributed by atoms with Crippen molar-refractivity contribution in [3.05, 3.63) is 29.7 Å². The Morgan fingerprint density at radius 1 is 1.53 bits per heavy atom. The number of imidazole rings is 1. The lowest BCUT2D eigenvalue weighted by Gasteiger charge is -1.98.